The highest BCUT2D eigenvalue weighted by molar-refractivity contribution is 7.89. The number of para-hydroxylation sites is 1. The average Bonchev–Trinajstić information content (AvgIpc) is 3.00. The molecular formula is C22H25N3O2S. The molecule has 0 unspecified atom stereocenters. The minimum Gasteiger partial charge on any atom is -0.238 e. The number of nitrogens with one attached hydrogen (secondary N) is 1. The molecule has 0 radical (unpaired) electrons. The van der Waals surface area contributed by atoms with E-state index in [0.29, 0.717) is 4.90 Å². The first-order valence-electron chi connectivity index (χ1n) is 9.68. The van der Waals surface area contributed by atoms with Crippen LogP contribution in [0.25, 0.3) is 5.69 Å². The standard InChI is InChI=1S/C22H25N3O2S/c1-16-22(17(2)25(24-16)20-10-4-3-5-11-20)15-23-28(26,27)21-13-12-18-8-6-7-9-19(18)14-21/h3-5,10-14,23H,6-9,15H2,1-2H3. The van der Waals surface area contributed by atoms with E-state index in [4.69, 9.17) is 0 Å². The molecular weight excluding hydrogens is 370 g/mol. The number of hydrogen-bond donors (Lipinski definition) is 1. The molecule has 1 aliphatic carbocycles. The maximum Gasteiger partial charge on any atom is 0.240 e. The number of sulfonamides is 1. The molecule has 1 aromatic heterocycles. The van der Waals surface area contributed by atoms with Gasteiger partial charge in [-0.05, 0) is 74.9 Å². The fraction of sp³-hybridized carbons (Fsp3) is 0.318. The molecule has 0 saturated heterocycles. The fourth-order valence-electron chi connectivity index (χ4n) is 3.88. The quantitative estimate of drug-likeness (QED) is 0.714. The molecule has 6 heteroatoms. The smallest absolute Gasteiger partial charge is 0.238 e. The number of fused-ring (bicyclic) bond motifs is 1. The van der Waals surface area contributed by atoms with Crippen LogP contribution in [0.2, 0.25) is 0 Å². The minimum atomic E-state index is -3.57. The minimum absolute atomic E-state index is 0.226. The summed E-state index contributed by atoms with van der Waals surface area (Å²) in [6.45, 7) is 4.11. The van der Waals surface area contributed by atoms with Crippen LogP contribution in [0.1, 0.15) is 40.9 Å². The molecule has 2 aromatic carbocycles. The predicted molar refractivity (Wildman–Crippen MR) is 110 cm³/mol. The molecule has 0 atom stereocenters. The molecule has 4 rings (SSSR count). The van der Waals surface area contributed by atoms with Crippen molar-refractivity contribution in [1.29, 1.82) is 0 Å². The van der Waals surface area contributed by atoms with Gasteiger partial charge in [0.15, 0.2) is 0 Å². The lowest BCUT2D eigenvalue weighted by molar-refractivity contribution is 0.580. The maximum atomic E-state index is 12.9. The average molecular weight is 396 g/mol. The van der Waals surface area contributed by atoms with Crippen molar-refractivity contribution in [3.05, 3.63) is 76.6 Å². The van der Waals surface area contributed by atoms with Gasteiger partial charge < -0.3 is 0 Å². The van der Waals surface area contributed by atoms with Gasteiger partial charge in [0.2, 0.25) is 10.0 Å². The third-order valence-corrected chi connectivity index (χ3v) is 6.91. The number of benzene rings is 2. The van der Waals surface area contributed by atoms with Crippen LogP contribution in [0.4, 0.5) is 0 Å². The third-order valence-electron chi connectivity index (χ3n) is 5.51. The largest absolute Gasteiger partial charge is 0.240 e. The molecule has 0 spiro atoms. The van der Waals surface area contributed by atoms with Gasteiger partial charge in [-0.2, -0.15) is 5.10 Å². The summed E-state index contributed by atoms with van der Waals surface area (Å²) in [6.07, 6.45) is 4.31. The Hall–Kier alpha value is -2.44. The van der Waals surface area contributed by atoms with Gasteiger partial charge in [0.05, 0.1) is 16.3 Å². The number of aryl methyl sites for hydroxylation is 3. The van der Waals surface area contributed by atoms with Crippen molar-refractivity contribution in [2.24, 2.45) is 0 Å². The van der Waals surface area contributed by atoms with Gasteiger partial charge in [-0.15, -0.1) is 0 Å². The number of rotatable bonds is 5. The summed E-state index contributed by atoms with van der Waals surface area (Å²) < 4.78 is 30.3. The lowest BCUT2D eigenvalue weighted by Crippen LogP contribution is -2.24. The zero-order chi connectivity index (χ0) is 19.7. The zero-order valence-corrected chi connectivity index (χ0v) is 17.1. The van der Waals surface area contributed by atoms with E-state index in [9.17, 15) is 8.42 Å². The first-order chi connectivity index (χ1) is 13.5. The Balaban J connectivity index is 1.57. The Kier molecular flexibility index (Phi) is 5.08. The molecule has 5 nitrogen and oxygen atoms in total. The molecule has 0 bridgehead atoms. The first kappa shape index (κ1) is 18.9. The highest BCUT2D eigenvalue weighted by atomic mass is 32.2. The first-order valence-corrected chi connectivity index (χ1v) is 11.2. The number of hydrogen-bond acceptors (Lipinski definition) is 3. The van der Waals surface area contributed by atoms with E-state index in [1.54, 1.807) is 6.07 Å². The summed E-state index contributed by atoms with van der Waals surface area (Å²) >= 11 is 0. The van der Waals surface area contributed by atoms with E-state index in [1.807, 2.05) is 61.0 Å². The van der Waals surface area contributed by atoms with E-state index in [-0.39, 0.29) is 6.54 Å². The predicted octanol–water partition coefficient (Wildman–Crippen LogP) is 3.85. The van der Waals surface area contributed by atoms with Crippen LogP contribution in [0.15, 0.2) is 53.4 Å². The van der Waals surface area contributed by atoms with Crippen molar-refractivity contribution in [3.63, 3.8) is 0 Å². The Morgan fingerprint density at radius 3 is 2.46 bits per heavy atom. The molecule has 0 aliphatic heterocycles. The van der Waals surface area contributed by atoms with Crippen LogP contribution in [0.3, 0.4) is 0 Å². The van der Waals surface area contributed by atoms with Crippen LogP contribution in [-0.2, 0) is 29.4 Å². The Morgan fingerprint density at radius 1 is 1.00 bits per heavy atom. The van der Waals surface area contributed by atoms with E-state index >= 15 is 0 Å². The normalized spacial score (nSPS) is 14.1. The van der Waals surface area contributed by atoms with Gasteiger partial charge in [0, 0.05) is 17.8 Å². The van der Waals surface area contributed by atoms with Gasteiger partial charge in [0.25, 0.3) is 0 Å². The van der Waals surface area contributed by atoms with Gasteiger partial charge in [-0.3, -0.25) is 0 Å². The summed E-state index contributed by atoms with van der Waals surface area (Å²) in [5.74, 6) is 0. The fourth-order valence-corrected chi connectivity index (χ4v) is 4.92. The van der Waals surface area contributed by atoms with Crippen LogP contribution < -0.4 is 4.72 Å². The van der Waals surface area contributed by atoms with Gasteiger partial charge in [0.1, 0.15) is 0 Å². The molecule has 0 fully saturated rings. The third kappa shape index (κ3) is 3.62. The van der Waals surface area contributed by atoms with E-state index < -0.39 is 10.0 Å². The molecule has 0 amide bonds. The van der Waals surface area contributed by atoms with E-state index in [1.165, 1.54) is 17.5 Å². The van der Waals surface area contributed by atoms with Crippen molar-refractivity contribution >= 4 is 10.0 Å². The van der Waals surface area contributed by atoms with Gasteiger partial charge in [-0.1, -0.05) is 24.3 Å². The SMILES string of the molecule is Cc1nn(-c2ccccc2)c(C)c1CNS(=O)(=O)c1ccc2c(c1)CCCC2. The van der Waals surface area contributed by atoms with Crippen molar-refractivity contribution < 1.29 is 8.42 Å². The molecule has 1 aliphatic rings. The monoisotopic (exact) mass is 395 g/mol. The summed E-state index contributed by atoms with van der Waals surface area (Å²) in [7, 11) is -3.57. The van der Waals surface area contributed by atoms with Crippen LogP contribution in [0.5, 0.6) is 0 Å². The second kappa shape index (κ2) is 7.53. The maximum absolute atomic E-state index is 12.9. The number of aromatic nitrogens is 2. The van der Waals surface area contributed by atoms with Crippen molar-refractivity contribution in [1.82, 2.24) is 14.5 Å². The highest BCUT2D eigenvalue weighted by Gasteiger charge is 2.20. The lowest BCUT2D eigenvalue weighted by atomic mass is 9.92. The highest BCUT2D eigenvalue weighted by Crippen LogP contribution is 2.24. The molecule has 146 valence electrons. The summed E-state index contributed by atoms with van der Waals surface area (Å²) in [5, 5.41) is 4.59. The van der Waals surface area contributed by atoms with Crippen molar-refractivity contribution in [2.45, 2.75) is 51.0 Å². The van der Waals surface area contributed by atoms with E-state index in [0.717, 1.165) is 41.9 Å². The topological polar surface area (TPSA) is 64.0 Å². The van der Waals surface area contributed by atoms with Gasteiger partial charge in [-0.25, -0.2) is 17.8 Å². The summed E-state index contributed by atoms with van der Waals surface area (Å²) in [5.41, 5.74) is 6.09. The molecule has 0 saturated carbocycles. The second-order valence-electron chi connectivity index (χ2n) is 7.36. The Bertz CT molecular complexity index is 1100. The molecule has 1 N–H and O–H groups in total. The van der Waals surface area contributed by atoms with Crippen LogP contribution >= 0.6 is 0 Å². The zero-order valence-electron chi connectivity index (χ0n) is 16.3. The molecule has 3 aromatic rings. The second-order valence-corrected chi connectivity index (χ2v) is 9.13. The summed E-state index contributed by atoms with van der Waals surface area (Å²) in [6, 6.07) is 15.4. The van der Waals surface area contributed by atoms with Gasteiger partial charge >= 0.3 is 0 Å². The Labute approximate surface area is 166 Å². The summed E-state index contributed by atoms with van der Waals surface area (Å²) in [4.78, 5) is 0.346. The van der Waals surface area contributed by atoms with Crippen LogP contribution in [0, 0.1) is 13.8 Å². The van der Waals surface area contributed by atoms with Crippen molar-refractivity contribution in [3.8, 4) is 5.69 Å². The van der Waals surface area contributed by atoms with E-state index in [2.05, 4.69) is 9.82 Å². The van der Waals surface area contributed by atoms with Crippen LogP contribution in [-0.4, -0.2) is 18.2 Å². The molecule has 28 heavy (non-hydrogen) atoms. The lowest BCUT2D eigenvalue weighted by Gasteiger charge is -2.17. The van der Waals surface area contributed by atoms with Crippen molar-refractivity contribution in [2.75, 3.05) is 0 Å². The Morgan fingerprint density at radius 2 is 1.71 bits per heavy atom. The molecule has 1 heterocycles. The number of nitrogens with zero attached hydrogens (tertiary/aromatic N) is 2.